The molecule has 1 saturated heterocycles. The number of carbonyl (C=O) groups excluding carboxylic acids is 1. The molecule has 1 unspecified atom stereocenters. The van der Waals surface area contributed by atoms with Crippen LogP contribution in [0.15, 0.2) is 24.3 Å². The summed E-state index contributed by atoms with van der Waals surface area (Å²) < 4.78 is 5.37. The predicted molar refractivity (Wildman–Crippen MR) is 78.2 cm³/mol. The molecule has 0 aromatic heterocycles. The van der Waals surface area contributed by atoms with Crippen molar-refractivity contribution in [1.29, 1.82) is 0 Å². The van der Waals surface area contributed by atoms with Crippen LogP contribution < -0.4 is 10.1 Å². The summed E-state index contributed by atoms with van der Waals surface area (Å²) in [6, 6.07) is 7.62. The van der Waals surface area contributed by atoms with Crippen molar-refractivity contribution in [2.45, 2.75) is 19.9 Å². The number of benzene rings is 1. The van der Waals surface area contributed by atoms with Crippen LogP contribution in [-0.4, -0.2) is 43.1 Å². The number of hydrogen-bond acceptors (Lipinski definition) is 3. The smallest absolute Gasteiger partial charge is 0.254 e. The van der Waals surface area contributed by atoms with Crippen LogP contribution in [-0.2, 0) is 0 Å². The van der Waals surface area contributed by atoms with Gasteiger partial charge in [-0.15, -0.1) is 12.4 Å². The van der Waals surface area contributed by atoms with Crippen LogP contribution in [0.5, 0.6) is 5.75 Å². The fraction of sp³-hybridized carbons (Fsp3) is 0.500. The molecule has 1 amide bonds. The van der Waals surface area contributed by atoms with Gasteiger partial charge in [0.25, 0.3) is 5.91 Å². The Morgan fingerprint density at radius 1 is 1.42 bits per heavy atom. The third-order valence-electron chi connectivity index (χ3n) is 3.17. The minimum absolute atomic E-state index is 0. The van der Waals surface area contributed by atoms with Crippen LogP contribution >= 0.6 is 12.4 Å². The molecule has 4 nitrogen and oxygen atoms in total. The number of nitrogens with zero attached hydrogens (tertiary/aromatic N) is 1. The summed E-state index contributed by atoms with van der Waals surface area (Å²) in [5, 5.41) is 3.28. The summed E-state index contributed by atoms with van der Waals surface area (Å²) in [4.78, 5) is 14.3. The lowest BCUT2D eigenvalue weighted by Gasteiger charge is -2.34. The number of nitrogens with one attached hydrogen (secondary N) is 1. The molecule has 0 radical (unpaired) electrons. The first kappa shape index (κ1) is 15.8. The van der Waals surface area contributed by atoms with E-state index in [4.69, 9.17) is 4.74 Å². The minimum atomic E-state index is 0. The Bertz CT molecular complexity index is 408. The molecule has 19 heavy (non-hydrogen) atoms. The number of amides is 1. The Hall–Kier alpha value is -1.26. The van der Waals surface area contributed by atoms with Crippen LogP contribution in [0.1, 0.15) is 24.2 Å². The highest BCUT2D eigenvalue weighted by Crippen LogP contribution is 2.15. The second kappa shape index (κ2) is 7.36. The Morgan fingerprint density at radius 2 is 2.11 bits per heavy atom. The number of halogens is 1. The maximum Gasteiger partial charge on any atom is 0.254 e. The molecule has 1 aromatic rings. The monoisotopic (exact) mass is 284 g/mol. The summed E-state index contributed by atoms with van der Waals surface area (Å²) >= 11 is 0. The molecule has 0 bridgehead atoms. The van der Waals surface area contributed by atoms with E-state index < -0.39 is 0 Å². The molecule has 1 aliphatic heterocycles. The minimum Gasteiger partial charge on any atom is -0.494 e. The molecule has 0 aliphatic carbocycles. The van der Waals surface area contributed by atoms with Gasteiger partial charge in [-0.05, 0) is 38.1 Å². The van der Waals surface area contributed by atoms with E-state index in [-0.39, 0.29) is 24.4 Å². The average molecular weight is 285 g/mol. The fourth-order valence-electron chi connectivity index (χ4n) is 2.17. The van der Waals surface area contributed by atoms with Crippen molar-refractivity contribution in [3.63, 3.8) is 0 Å². The molecule has 1 heterocycles. The molecular weight excluding hydrogens is 264 g/mol. The Labute approximate surface area is 120 Å². The first-order valence-electron chi connectivity index (χ1n) is 6.47. The van der Waals surface area contributed by atoms with Crippen LogP contribution in [0.25, 0.3) is 0 Å². The van der Waals surface area contributed by atoms with Gasteiger partial charge in [-0.1, -0.05) is 0 Å². The van der Waals surface area contributed by atoms with E-state index in [1.165, 1.54) is 0 Å². The highest BCUT2D eigenvalue weighted by Gasteiger charge is 2.23. The fourth-order valence-corrected chi connectivity index (χ4v) is 2.17. The lowest BCUT2D eigenvalue weighted by atomic mass is 10.1. The van der Waals surface area contributed by atoms with Gasteiger partial charge >= 0.3 is 0 Å². The molecule has 106 valence electrons. The van der Waals surface area contributed by atoms with Gasteiger partial charge in [0.05, 0.1) is 6.61 Å². The Morgan fingerprint density at radius 3 is 2.68 bits per heavy atom. The molecule has 1 N–H and O–H groups in total. The quantitative estimate of drug-likeness (QED) is 0.922. The normalized spacial score (nSPS) is 18.6. The zero-order valence-corrected chi connectivity index (χ0v) is 12.2. The van der Waals surface area contributed by atoms with Crippen LogP contribution in [0.3, 0.4) is 0 Å². The number of carbonyl (C=O) groups is 1. The molecule has 1 fully saturated rings. The van der Waals surface area contributed by atoms with Crippen molar-refractivity contribution >= 4 is 18.3 Å². The van der Waals surface area contributed by atoms with Crippen LogP contribution in [0.2, 0.25) is 0 Å². The number of piperazine rings is 1. The maximum absolute atomic E-state index is 12.3. The van der Waals surface area contributed by atoms with E-state index in [9.17, 15) is 4.79 Å². The average Bonchev–Trinajstić information content (AvgIpc) is 2.40. The summed E-state index contributed by atoms with van der Waals surface area (Å²) in [5.74, 6) is 0.912. The van der Waals surface area contributed by atoms with Gasteiger partial charge in [-0.3, -0.25) is 4.79 Å². The largest absolute Gasteiger partial charge is 0.494 e. The molecule has 2 rings (SSSR count). The lowest BCUT2D eigenvalue weighted by Crippen LogP contribution is -2.52. The summed E-state index contributed by atoms with van der Waals surface area (Å²) in [6.07, 6.45) is 0. The number of hydrogen-bond donors (Lipinski definition) is 1. The van der Waals surface area contributed by atoms with E-state index in [1.807, 2.05) is 36.1 Å². The molecule has 0 saturated carbocycles. The standard InChI is InChI=1S/C14H20N2O2.ClH/c1-3-18-13-6-4-12(5-7-13)14(17)16-9-8-15-10-11(16)2;/h4-7,11,15H,3,8-10H2,1-2H3;1H. The van der Waals surface area contributed by atoms with Gasteiger partial charge in [0.2, 0.25) is 0 Å². The first-order chi connectivity index (χ1) is 8.72. The van der Waals surface area contributed by atoms with Gasteiger partial charge in [0.15, 0.2) is 0 Å². The van der Waals surface area contributed by atoms with Crippen LogP contribution in [0.4, 0.5) is 0 Å². The highest BCUT2D eigenvalue weighted by atomic mass is 35.5. The third-order valence-corrected chi connectivity index (χ3v) is 3.17. The van der Waals surface area contributed by atoms with Crippen molar-refractivity contribution in [1.82, 2.24) is 10.2 Å². The summed E-state index contributed by atoms with van der Waals surface area (Å²) in [7, 11) is 0. The highest BCUT2D eigenvalue weighted by molar-refractivity contribution is 5.94. The van der Waals surface area contributed by atoms with E-state index in [0.29, 0.717) is 6.61 Å². The van der Waals surface area contributed by atoms with E-state index >= 15 is 0 Å². The number of ether oxygens (including phenoxy) is 1. The van der Waals surface area contributed by atoms with Gasteiger partial charge < -0.3 is 15.0 Å². The SMILES string of the molecule is CCOc1ccc(C(=O)N2CCNCC2C)cc1.Cl. The van der Waals surface area contributed by atoms with Gasteiger partial charge in [0.1, 0.15) is 5.75 Å². The van der Waals surface area contributed by atoms with E-state index in [2.05, 4.69) is 12.2 Å². The molecular formula is C14H21ClN2O2. The topological polar surface area (TPSA) is 41.6 Å². The Kier molecular flexibility index (Phi) is 6.12. The second-order valence-electron chi connectivity index (χ2n) is 4.51. The van der Waals surface area contributed by atoms with Crippen molar-refractivity contribution < 1.29 is 9.53 Å². The van der Waals surface area contributed by atoms with Gasteiger partial charge in [0, 0.05) is 31.2 Å². The zero-order chi connectivity index (χ0) is 13.0. The van der Waals surface area contributed by atoms with Gasteiger partial charge in [-0.25, -0.2) is 0 Å². The summed E-state index contributed by atoms with van der Waals surface area (Å²) in [6.45, 7) is 7.16. The molecule has 0 spiro atoms. The zero-order valence-electron chi connectivity index (χ0n) is 11.4. The van der Waals surface area contributed by atoms with Crippen molar-refractivity contribution in [3.8, 4) is 5.75 Å². The summed E-state index contributed by atoms with van der Waals surface area (Å²) in [5.41, 5.74) is 0.729. The molecule has 5 heteroatoms. The predicted octanol–water partition coefficient (Wildman–Crippen LogP) is 1.94. The van der Waals surface area contributed by atoms with Crippen molar-refractivity contribution in [3.05, 3.63) is 29.8 Å². The third kappa shape index (κ3) is 3.85. The molecule has 1 aliphatic rings. The van der Waals surface area contributed by atoms with E-state index in [1.54, 1.807) is 0 Å². The first-order valence-corrected chi connectivity index (χ1v) is 6.47. The van der Waals surface area contributed by atoms with Crippen LogP contribution in [0, 0.1) is 0 Å². The van der Waals surface area contributed by atoms with Crippen molar-refractivity contribution in [2.75, 3.05) is 26.2 Å². The van der Waals surface area contributed by atoms with E-state index in [0.717, 1.165) is 30.9 Å². The molecule has 1 atom stereocenters. The lowest BCUT2D eigenvalue weighted by molar-refractivity contribution is 0.0656. The Balaban J connectivity index is 0.00000180. The molecule has 1 aromatic carbocycles. The second-order valence-corrected chi connectivity index (χ2v) is 4.51. The van der Waals surface area contributed by atoms with Crippen molar-refractivity contribution in [2.24, 2.45) is 0 Å². The maximum atomic E-state index is 12.3. The number of rotatable bonds is 3. The van der Waals surface area contributed by atoms with Gasteiger partial charge in [-0.2, -0.15) is 0 Å².